The molecule has 0 spiro atoms. The molecule has 1 aromatic carbocycles. The molecule has 1 saturated heterocycles. The Hall–Kier alpha value is -2.26. The number of nitrogens with zero attached hydrogens (tertiary/aromatic N) is 4. The fraction of sp³-hybridized carbons (Fsp3) is 0.438. The van der Waals surface area contributed by atoms with E-state index < -0.39 is 14.9 Å². The van der Waals surface area contributed by atoms with E-state index in [1.54, 1.807) is 13.1 Å². The maximum Gasteiger partial charge on any atom is 0.270 e. The molecule has 0 atom stereocenters. The van der Waals surface area contributed by atoms with Crippen LogP contribution in [0.15, 0.2) is 41.6 Å². The Labute approximate surface area is 146 Å². The van der Waals surface area contributed by atoms with E-state index in [0.29, 0.717) is 24.6 Å². The van der Waals surface area contributed by atoms with Crippen molar-refractivity contribution in [2.24, 2.45) is 5.92 Å². The van der Waals surface area contributed by atoms with Gasteiger partial charge < -0.3 is 0 Å². The maximum atomic E-state index is 12.9. The lowest BCUT2D eigenvalue weighted by atomic mass is 9.98. The van der Waals surface area contributed by atoms with Gasteiger partial charge in [0.15, 0.2) is 0 Å². The number of nitro benzene ring substituents is 1. The van der Waals surface area contributed by atoms with Crippen LogP contribution in [0.1, 0.15) is 18.4 Å². The Morgan fingerprint density at radius 2 is 2.04 bits per heavy atom. The molecule has 9 heteroatoms. The molecule has 0 N–H and O–H groups in total. The molecule has 0 amide bonds. The molecule has 8 nitrogen and oxygen atoms in total. The van der Waals surface area contributed by atoms with Gasteiger partial charge in [0.05, 0.1) is 9.82 Å². The minimum atomic E-state index is -3.73. The number of aryl methyl sites for hydroxylation is 1. The van der Waals surface area contributed by atoms with E-state index in [-0.39, 0.29) is 10.6 Å². The van der Waals surface area contributed by atoms with Crippen LogP contribution in [0.2, 0.25) is 0 Å². The van der Waals surface area contributed by atoms with Gasteiger partial charge in [-0.2, -0.15) is 9.40 Å². The van der Waals surface area contributed by atoms with Crippen LogP contribution in [0.3, 0.4) is 0 Å². The molecule has 2 heterocycles. The zero-order valence-electron chi connectivity index (χ0n) is 13.9. The number of non-ortho nitro benzene ring substituents is 1. The number of sulfonamides is 1. The fourth-order valence-corrected chi connectivity index (χ4v) is 4.84. The van der Waals surface area contributed by atoms with Crippen LogP contribution in [0, 0.1) is 23.0 Å². The van der Waals surface area contributed by atoms with Gasteiger partial charge in [-0.1, -0.05) is 6.07 Å². The summed E-state index contributed by atoms with van der Waals surface area (Å²) in [5.41, 5.74) is 0.307. The fourth-order valence-electron chi connectivity index (χ4n) is 3.12. The van der Waals surface area contributed by atoms with Gasteiger partial charge in [0, 0.05) is 44.2 Å². The highest BCUT2D eigenvalue weighted by molar-refractivity contribution is 7.89. The van der Waals surface area contributed by atoms with Gasteiger partial charge in [0.2, 0.25) is 10.0 Å². The molecule has 0 bridgehead atoms. The van der Waals surface area contributed by atoms with Gasteiger partial charge in [-0.3, -0.25) is 14.8 Å². The number of hydrogen-bond donors (Lipinski definition) is 0. The lowest BCUT2D eigenvalue weighted by Gasteiger charge is -2.31. The van der Waals surface area contributed by atoms with Crippen molar-refractivity contribution in [1.29, 1.82) is 0 Å². The largest absolute Gasteiger partial charge is 0.272 e. The molecule has 0 aliphatic carbocycles. The van der Waals surface area contributed by atoms with Crippen LogP contribution in [0.25, 0.3) is 0 Å². The van der Waals surface area contributed by atoms with Gasteiger partial charge >= 0.3 is 0 Å². The molecule has 0 saturated carbocycles. The summed E-state index contributed by atoms with van der Waals surface area (Å²) >= 11 is 0. The van der Waals surface area contributed by atoms with Gasteiger partial charge in [-0.15, -0.1) is 0 Å². The van der Waals surface area contributed by atoms with Crippen molar-refractivity contribution in [3.8, 4) is 0 Å². The quantitative estimate of drug-likeness (QED) is 0.598. The number of rotatable bonds is 5. The van der Waals surface area contributed by atoms with Crippen LogP contribution in [-0.2, 0) is 16.6 Å². The van der Waals surface area contributed by atoms with E-state index >= 15 is 0 Å². The van der Waals surface area contributed by atoms with Crippen LogP contribution < -0.4 is 0 Å². The summed E-state index contributed by atoms with van der Waals surface area (Å²) in [6.07, 6.45) is 5.11. The number of hydrogen-bond acceptors (Lipinski definition) is 5. The van der Waals surface area contributed by atoms with Crippen molar-refractivity contribution in [2.45, 2.75) is 31.2 Å². The summed E-state index contributed by atoms with van der Waals surface area (Å²) in [7, 11) is -3.73. The number of piperidine rings is 1. The van der Waals surface area contributed by atoms with Gasteiger partial charge in [0.25, 0.3) is 5.69 Å². The molecular weight excluding hydrogens is 344 g/mol. The third-order valence-corrected chi connectivity index (χ3v) is 6.62. The van der Waals surface area contributed by atoms with Crippen LogP contribution in [-0.4, -0.2) is 40.5 Å². The summed E-state index contributed by atoms with van der Waals surface area (Å²) in [4.78, 5) is 10.4. The monoisotopic (exact) mass is 364 g/mol. The highest BCUT2D eigenvalue weighted by atomic mass is 32.2. The van der Waals surface area contributed by atoms with Crippen molar-refractivity contribution < 1.29 is 13.3 Å². The van der Waals surface area contributed by atoms with E-state index in [1.165, 1.54) is 16.4 Å². The van der Waals surface area contributed by atoms with Crippen molar-refractivity contribution in [1.82, 2.24) is 14.1 Å². The molecule has 0 unspecified atom stereocenters. The Bertz CT molecular complexity index is 856. The number of nitro groups is 1. The zero-order chi connectivity index (χ0) is 18.0. The predicted octanol–water partition coefficient (Wildman–Crippen LogP) is 2.20. The topological polar surface area (TPSA) is 98.3 Å². The Morgan fingerprint density at radius 1 is 1.32 bits per heavy atom. The third kappa shape index (κ3) is 3.72. The van der Waals surface area contributed by atoms with Crippen LogP contribution in [0.5, 0.6) is 0 Å². The molecule has 1 aliphatic rings. The first kappa shape index (κ1) is 17.6. The molecule has 0 radical (unpaired) electrons. The Kier molecular flexibility index (Phi) is 4.87. The SMILES string of the molecule is Cc1ccc([N+](=O)[O-])cc1S(=O)(=O)N1CCC(Cn2cccn2)CC1. The molecule has 1 fully saturated rings. The first-order chi connectivity index (χ1) is 11.9. The van der Waals surface area contributed by atoms with Crippen LogP contribution >= 0.6 is 0 Å². The second-order valence-electron chi connectivity index (χ2n) is 6.28. The highest BCUT2D eigenvalue weighted by Gasteiger charge is 2.31. The molecule has 1 aliphatic heterocycles. The molecule has 25 heavy (non-hydrogen) atoms. The molecule has 3 rings (SSSR count). The van der Waals surface area contributed by atoms with Gasteiger partial charge in [-0.05, 0) is 37.3 Å². The molecule has 134 valence electrons. The average Bonchev–Trinajstić information content (AvgIpc) is 3.08. The summed E-state index contributed by atoms with van der Waals surface area (Å²) in [6, 6.07) is 5.82. The summed E-state index contributed by atoms with van der Waals surface area (Å²) in [6.45, 7) is 3.25. The summed E-state index contributed by atoms with van der Waals surface area (Å²) in [5.74, 6) is 0.373. The second-order valence-corrected chi connectivity index (χ2v) is 8.19. The van der Waals surface area contributed by atoms with Crippen molar-refractivity contribution in [3.05, 3.63) is 52.3 Å². The maximum absolute atomic E-state index is 12.9. The van der Waals surface area contributed by atoms with Crippen molar-refractivity contribution >= 4 is 15.7 Å². The van der Waals surface area contributed by atoms with E-state index in [4.69, 9.17) is 0 Å². The highest BCUT2D eigenvalue weighted by Crippen LogP contribution is 2.28. The standard InChI is InChI=1S/C16H20N4O4S/c1-13-3-4-15(20(21)22)11-16(13)25(23,24)19-9-5-14(6-10-19)12-18-8-2-7-17-18/h2-4,7-8,11,14H,5-6,9-10,12H2,1H3. The number of benzene rings is 1. The summed E-state index contributed by atoms with van der Waals surface area (Å²) < 4.78 is 29.1. The molecule has 1 aromatic heterocycles. The Balaban J connectivity index is 1.74. The van der Waals surface area contributed by atoms with E-state index in [0.717, 1.165) is 25.5 Å². The third-order valence-electron chi connectivity index (χ3n) is 4.58. The van der Waals surface area contributed by atoms with E-state index in [9.17, 15) is 18.5 Å². The minimum absolute atomic E-state index is 0.0206. The first-order valence-corrected chi connectivity index (χ1v) is 9.54. The first-order valence-electron chi connectivity index (χ1n) is 8.10. The lowest BCUT2D eigenvalue weighted by Crippen LogP contribution is -2.39. The molecular formula is C16H20N4O4S. The minimum Gasteiger partial charge on any atom is -0.272 e. The van der Waals surface area contributed by atoms with E-state index in [1.807, 2.05) is 16.9 Å². The number of aromatic nitrogens is 2. The predicted molar refractivity (Wildman–Crippen MR) is 91.5 cm³/mol. The Morgan fingerprint density at radius 3 is 2.64 bits per heavy atom. The van der Waals surface area contributed by atoms with E-state index in [2.05, 4.69) is 5.10 Å². The zero-order valence-corrected chi connectivity index (χ0v) is 14.7. The summed E-state index contributed by atoms with van der Waals surface area (Å²) in [5, 5.41) is 15.1. The average molecular weight is 364 g/mol. The lowest BCUT2D eigenvalue weighted by molar-refractivity contribution is -0.385. The van der Waals surface area contributed by atoms with Crippen molar-refractivity contribution in [2.75, 3.05) is 13.1 Å². The second kappa shape index (κ2) is 6.93. The van der Waals surface area contributed by atoms with Gasteiger partial charge in [0.1, 0.15) is 0 Å². The van der Waals surface area contributed by atoms with Crippen LogP contribution in [0.4, 0.5) is 5.69 Å². The molecule has 2 aromatic rings. The smallest absolute Gasteiger partial charge is 0.270 e. The van der Waals surface area contributed by atoms with Gasteiger partial charge in [-0.25, -0.2) is 8.42 Å². The van der Waals surface area contributed by atoms with Crippen molar-refractivity contribution in [3.63, 3.8) is 0 Å². The normalized spacial score (nSPS) is 16.8.